The summed E-state index contributed by atoms with van der Waals surface area (Å²) in [4.78, 5) is 27.1. The zero-order chi connectivity index (χ0) is 17.8. The van der Waals surface area contributed by atoms with Crippen LogP contribution in [0.5, 0.6) is 0 Å². The third-order valence-corrected chi connectivity index (χ3v) is 4.63. The molecule has 2 aromatic carbocycles. The predicted molar refractivity (Wildman–Crippen MR) is 99.6 cm³/mol. The Morgan fingerprint density at radius 1 is 1.04 bits per heavy atom. The van der Waals surface area contributed by atoms with Gasteiger partial charge in [-0.3, -0.25) is 9.59 Å². The third kappa shape index (κ3) is 4.27. The molecule has 0 saturated carbocycles. The highest BCUT2D eigenvalue weighted by Crippen LogP contribution is 2.21. The van der Waals surface area contributed by atoms with Crippen LogP contribution in [0, 0.1) is 19.8 Å². The third-order valence-electron chi connectivity index (χ3n) is 4.63. The fraction of sp³-hybridized carbons (Fsp3) is 0.333. The highest BCUT2D eigenvalue weighted by atomic mass is 16.2. The topological polar surface area (TPSA) is 49.4 Å². The molecule has 1 atom stereocenters. The van der Waals surface area contributed by atoms with Gasteiger partial charge in [-0.25, -0.2) is 0 Å². The number of likely N-dealkylation sites (tertiary alicyclic amines) is 1. The Balaban J connectivity index is 1.66. The molecule has 1 aliphatic rings. The molecule has 1 saturated heterocycles. The van der Waals surface area contributed by atoms with Gasteiger partial charge in [0.2, 0.25) is 5.91 Å². The Bertz CT molecular complexity index is 785. The smallest absolute Gasteiger partial charge is 0.253 e. The Kier molecular flexibility index (Phi) is 5.17. The first-order chi connectivity index (χ1) is 12.0. The molecule has 2 aromatic rings. The van der Waals surface area contributed by atoms with Gasteiger partial charge >= 0.3 is 0 Å². The second-order valence-electron chi connectivity index (χ2n) is 6.82. The van der Waals surface area contributed by atoms with Gasteiger partial charge in [-0.1, -0.05) is 29.8 Å². The molecule has 25 heavy (non-hydrogen) atoms. The lowest BCUT2D eigenvalue weighted by molar-refractivity contribution is -0.121. The minimum Gasteiger partial charge on any atom is -0.338 e. The van der Waals surface area contributed by atoms with E-state index in [-0.39, 0.29) is 17.7 Å². The van der Waals surface area contributed by atoms with Gasteiger partial charge in [-0.2, -0.15) is 0 Å². The first kappa shape index (κ1) is 17.2. The van der Waals surface area contributed by atoms with Crippen molar-refractivity contribution in [3.63, 3.8) is 0 Å². The van der Waals surface area contributed by atoms with E-state index in [1.54, 1.807) is 4.90 Å². The lowest BCUT2D eigenvalue weighted by atomic mass is 9.96. The Morgan fingerprint density at radius 2 is 1.76 bits per heavy atom. The van der Waals surface area contributed by atoms with Crippen molar-refractivity contribution in [3.8, 4) is 0 Å². The molecule has 1 heterocycles. The number of piperidine rings is 1. The van der Waals surface area contributed by atoms with Crippen LogP contribution in [-0.2, 0) is 4.79 Å². The number of aryl methyl sites for hydroxylation is 2. The summed E-state index contributed by atoms with van der Waals surface area (Å²) in [6, 6.07) is 15.4. The van der Waals surface area contributed by atoms with Crippen molar-refractivity contribution in [1.29, 1.82) is 0 Å². The van der Waals surface area contributed by atoms with Gasteiger partial charge in [-0.05, 0) is 56.5 Å². The van der Waals surface area contributed by atoms with Crippen LogP contribution in [-0.4, -0.2) is 29.8 Å². The minimum absolute atomic E-state index is 0.00709. The molecule has 0 spiro atoms. The van der Waals surface area contributed by atoms with Gasteiger partial charge < -0.3 is 10.2 Å². The zero-order valence-electron chi connectivity index (χ0n) is 14.8. The fourth-order valence-electron chi connectivity index (χ4n) is 3.30. The van der Waals surface area contributed by atoms with Gasteiger partial charge in [0.25, 0.3) is 5.91 Å². The van der Waals surface area contributed by atoms with Gasteiger partial charge in [0.15, 0.2) is 0 Å². The average Bonchev–Trinajstić information content (AvgIpc) is 2.61. The molecule has 0 aliphatic carbocycles. The minimum atomic E-state index is -0.164. The second kappa shape index (κ2) is 7.51. The number of nitrogens with one attached hydrogen (secondary N) is 1. The summed E-state index contributed by atoms with van der Waals surface area (Å²) in [5, 5.41) is 2.98. The summed E-state index contributed by atoms with van der Waals surface area (Å²) >= 11 is 0. The Labute approximate surface area is 148 Å². The normalized spacial score (nSPS) is 17.2. The maximum absolute atomic E-state index is 12.7. The first-order valence-corrected chi connectivity index (χ1v) is 8.76. The number of nitrogens with zero attached hydrogens (tertiary/aromatic N) is 1. The predicted octanol–water partition coefficient (Wildman–Crippen LogP) is 3.79. The highest BCUT2D eigenvalue weighted by Gasteiger charge is 2.29. The van der Waals surface area contributed by atoms with Crippen molar-refractivity contribution in [2.24, 2.45) is 5.92 Å². The fourth-order valence-corrected chi connectivity index (χ4v) is 3.30. The van der Waals surface area contributed by atoms with E-state index in [0.29, 0.717) is 18.7 Å². The van der Waals surface area contributed by atoms with Crippen molar-refractivity contribution < 1.29 is 9.59 Å². The van der Waals surface area contributed by atoms with Crippen molar-refractivity contribution in [3.05, 3.63) is 65.2 Å². The van der Waals surface area contributed by atoms with E-state index in [2.05, 4.69) is 5.32 Å². The van der Waals surface area contributed by atoms with Gasteiger partial charge in [-0.15, -0.1) is 0 Å². The maximum Gasteiger partial charge on any atom is 0.253 e. The number of carbonyl (C=O) groups excluding carboxylic acids is 2. The number of anilines is 1. The van der Waals surface area contributed by atoms with E-state index in [1.807, 2.05) is 62.4 Å². The summed E-state index contributed by atoms with van der Waals surface area (Å²) in [7, 11) is 0. The molecule has 4 heteroatoms. The quantitative estimate of drug-likeness (QED) is 0.927. The number of hydrogen-bond acceptors (Lipinski definition) is 2. The van der Waals surface area contributed by atoms with E-state index in [9.17, 15) is 9.59 Å². The molecule has 1 aliphatic heterocycles. The van der Waals surface area contributed by atoms with E-state index in [0.717, 1.165) is 29.7 Å². The maximum atomic E-state index is 12.7. The van der Waals surface area contributed by atoms with Crippen LogP contribution in [0.3, 0.4) is 0 Å². The van der Waals surface area contributed by atoms with E-state index in [1.165, 1.54) is 0 Å². The second-order valence-corrected chi connectivity index (χ2v) is 6.82. The van der Waals surface area contributed by atoms with Crippen LogP contribution >= 0.6 is 0 Å². The van der Waals surface area contributed by atoms with Gasteiger partial charge in [0.1, 0.15) is 0 Å². The van der Waals surface area contributed by atoms with Crippen LogP contribution < -0.4 is 5.32 Å². The van der Waals surface area contributed by atoms with Crippen molar-refractivity contribution >= 4 is 17.5 Å². The number of hydrogen-bond donors (Lipinski definition) is 1. The van der Waals surface area contributed by atoms with Crippen LogP contribution in [0.2, 0.25) is 0 Å². The van der Waals surface area contributed by atoms with Crippen molar-refractivity contribution in [2.45, 2.75) is 26.7 Å². The summed E-state index contributed by atoms with van der Waals surface area (Å²) in [5.41, 5.74) is 3.68. The lowest BCUT2D eigenvalue weighted by Crippen LogP contribution is -2.43. The standard InChI is InChI=1S/C21H24N2O2/c1-15-6-3-8-17(12-15)21(25)23-11-5-9-18(14-23)20(24)22-19-10-4-7-16(2)13-19/h3-4,6-8,10,12-13,18H,5,9,11,14H2,1-2H3,(H,22,24). The summed E-state index contributed by atoms with van der Waals surface area (Å²) in [5.74, 6) is -0.160. The molecule has 1 fully saturated rings. The van der Waals surface area contributed by atoms with Crippen molar-refractivity contribution in [2.75, 3.05) is 18.4 Å². The average molecular weight is 336 g/mol. The first-order valence-electron chi connectivity index (χ1n) is 8.76. The van der Waals surface area contributed by atoms with Crippen LogP contribution in [0.1, 0.15) is 34.3 Å². The number of carbonyl (C=O) groups is 2. The zero-order valence-corrected chi connectivity index (χ0v) is 14.8. The molecule has 130 valence electrons. The Morgan fingerprint density at radius 3 is 2.48 bits per heavy atom. The molecule has 1 unspecified atom stereocenters. The molecule has 1 N–H and O–H groups in total. The lowest BCUT2D eigenvalue weighted by Gasteiger charge is -2.32. The summed E-state index contributed by atoms with van der Waals surface area (Å²) in [6.07, 6.45) is 1.67. The number of rotatable bonds is 3. The van der Waals surface area contributed by atoms with Crippen LogP contribution in [0.4, 0.5) is 5.69 Å². The molecule has 0 radical (unpaired) electrons. The molecule has 3 rings (SSSR count). The number of amides is 2. The summed E-state index contributed by atoms with van der Waals surface area (Å²) < 4.78 is 0. The van der Waals surface area contributed by atoms with E-state index >= 15 is 0 Å². The Hall–Kier alpha value is -2.62. The van der Waals surface area contributed by atoms with E-state index < -0.39 is 0 Å². The molecular formula is C21H24N2O2. The molecular weight excluding hydrogens is 312 g/mol. The summed E-state index contributed by atoms with van der Waals surface area (Å²) in [6.45, 7) is 5.16. The molecule has 0 bridgehead atoms. The van der Waals surface area contributed by atoms with E-state index in [4.69, 9.17) is 0 Å². The highest BCUT2D eigenvalue weighted by molar-refractivity contribution is 5.96. The molecule has 0 aromatic heterocycles. The van der Waals surface area contributed by atoms with Crippen molar-refractivity contribution in [1.82, 2.24) is 4.90 Å². The SMILES string of the molecule is Cc1cccc(NC(=O)C2CCCN(C(=O)c3cccc(C)c3)C2)c1. The van der Waals surface area contributed by atoms with Gasteiger partial charge in [0, 0.05) is 24.3 Å². The monoisotopic (exact) mass is 336 g/mol. The molecule has 4 nitrogen and oxygen atoms in total. The van der Waals surface area contributed by atoms with Crippen LogP contribution in [0.25, 0.3) is 0 Å². The van der Waals surface area contributed by atoms with Crippen LogP contribution in [0.15, 0.2) is 48.5 Å². The van der Waals surface area contributed by atoms with Gasteiger partial charge in [0.05, 0.1) is 5.92 Å². The molecule has 2 amide bonds. The largest absolute Gasteiger partial charge is 0.338 e. The number of benzene rings is 2.